The first-order valence-electron chi connectivity index (χ1n) is 8.65. The Hall–Kier alpha value is -2.60. The third kappa shape index (κ3) is 5.11. The van der Waals surface area contributed by atoms with Crippen molar-refractivity contribution < 1.29 is 28.6 Å². The number of thioether (sulfide) groups is 1. The molecule has 0 N–H and O–H groups in total. The number of nitrogens with zero attached hydrogens (tertiary/aromatic N) is 2. The van der Waals surface area contributed by atoms with Crippen molar-refractivity contribution in [3.8, 4) is 11.5 Å². The van der Waals surface area contributed by atoms with Crippen LogP contribution in [0, 0.1) is 3.57 Å². The van der Waals surface area contributed by atoms with Gasteiger partial charge in [-0.1, -0.05) is 6.07 Å². The molecule has 30 heavy (non-hydrogen) atoms. The summed E-state index contributed by atoms with van der Waals surface area (Å²) >= 11 is 2.88. The van der Waals surface area contributed by atoms with Crippen molar-refractivity contribution in [2.24, 2.45) is 0 Å². The fraction of sp³-hybridized carbons (Fsp3) is 0.200. The maximum Gasteiger partial charge on any atom is 0.325 e. The Morgan fingerprint density at radius 2 is 2.07 bits per heavy atom. The zero-order chi connectivity index (χ0) is 21.7. The van der Waals surface area contributed by atoms with Crippen molar-refractivity contribution in [3.05, 3.63) is 56.3 Å². The number of carbonyl (C=O) groups is 3. The Bertz CT molecular complexity index is 1010. The van der Waals surface area contributed by atoms with Gasteiger partial charge in [0, 0.05) is 6.20 Å². The smallest absolute Gasteiger partial charge is 0.325 e. The first-order valence-corrected chi connectivity index (χ1v) is 10.5. The summed E-state index contributed by atoms with van der Waals surface area (Å²) in [5.41, 5.74) is 1.43. The van der Waals surface area contributed by atoms with E-state index in [1.165, 1.54) is 14.2 Å². The number of ether oxygens (including phenoxy) is 3. The van der Waals surface area contributed by atoms with Gasteiger partial charge in [0.15, 0.2) is 11.5 Å². The Kier molecular flexibility index (Phi) is 7.32. The molecule has 0 unspecified atom stereocenters. The number of hydrogen-bond acceptors (Lipinski definition) is 8. The van der Waals surface area contributed by atoms with E-state index in [-0.39, 0.29) is 11.5 Å². The number of aromatic nitrogens is 1. The largest absolute Gasteiger partial charge is 0.493 e. The van der Waals surface area contributed by atoms with Crippen LogP contribution in [0.15, 0.2) is 41.4 Å². The SMILES string of the molecule is COC(=O)CN1C(=O)S/C(=C\c2cc(I)c(OCc3ccccn3)c(OC)c2)C1=O. The van der Waals surface area contributed by atoms with Crippen molar-refractivity contribution in [1.29, 1.82) is 0 Å². The molecule has 1 aliphatic rings. The van der Waals surface area contributed by atoms with Gasteiger partial charge in [0.25, 0.3) is 11.1 Å². The molecule has 156 valence electrons. The second-order valence-corrected chi connectivity index (χ2v) is 8.14. The topological polar surface area (TPSA) is 95.0 Å². The molecule has 1 saturated heterocycles. The van der Waals surface area contributed by atoms with Crippen LogP contribution < -0.4 is 9.47 Å². The van der Waals surface area contributed by atoms with Crippen LogP contribution in [0.5, 0.6) is 11.5 Å². The molecular formula is C20H17IN2O6S. The van der Waals surface area contributed by atoms with Crippen LogP contribution in [0.3, 0.4) is 0 Å². The van der Waals surface area contributed by atoms with E-state index in [2.05, 4.69) is 32.3 Å². The number of carbonyl (C=O) groups excluding carboxylic acids is 3. The van der Waals surface area contributed by atoms with Gasteiger partial charge in [-0.15, -0.1) is 0 Å². The molecule has 0 radical (unpaired) electrons. The zero-order valence-electron chi connectivity index (χ0n) is 16.1. The van der Waals surface area contributed by atoms with Gasteiger partial charge in [-0.3, -0.25) is 24.3 Å². The molecule has 1 fully saturated rings. The standard InChI is InChI=1S/C20H17IN2O6S/c1-27-15-8-12(7-14(21)18(15)29-11-13-5-3-4-6-22-13)9-16-19(25)23(20(26)30-16)10-17(24)28-2/h3-9H,10-11H2,1-2H3/b16-9-. The lowest BCUT2D eigenvalue weighted by Gasteiger charge is -2.13. The molecule has 1 aliphatic heterocycles. The highest BCUT2D eigenvalue weighted by molar-refractivity contribution is 14.1. The number of halogens is 1. The fourth-order valence-corrected chi connectivity index (χ4v) is 4.19. The highest BCUT2D eigenvalue weighted by Gasteiger charge is 2.36. The Labute approximate surface area is 190 Å². The van der Waals surface area contributed by atoms with Crippen molar-refractivity contribution in [2.45, 2.75) is 6.61 Å². The molecule has 2 heterocycles. The molecule has 1 aromatic carbocycles. The number of benzene rings is 1. The van der Waals surface area contributed by atoms with E-state index in [0.29, 0.717) is 17.1 Å². The summed E-state index contributed by atoms with van der Waals surface area (Å²) in [7, 11) is 2.72. The number of esters is 1. The van der Waals surface area contributed by atoms with E-state index in [0.717, 1.165) is 25.9 Å². The maximum atomic E-state index is 12.5. The minimum atomic E-state index is -0.663. The van der Waals surface area contributed by atoms with Gasteiger partial charge in [0.05, 0.1) is 28.4 Å². The van der Waals surface area contributed by atoms with Crippen LogP contribution in [-0.2, 0) is 20.9 Å². The molecule has 0 atom stereocenters. The van der Waals surface area contributed by atoms with E-state index >= 15 is 0 Å². The summed E-state index contributed by atoms with van der Waals surface area (Å²) in [4.78, 5) is 41.3. The maximum absolute atomic E-state index is 12.5. The Morgan fingerprint density at radius 3 is 2.73 bits per heavy atom. The predicted octanol–water partition coefficient (Wildman–Crippen LogP) is 3.48. The molecule has 0 saturated carbocycles. The van der Waals surface area contributed by atoms with Gasteiger partial charge < -0.3 is 14.2 Å². The average Bonchev–Trinajstić information content (AvgIpc) is 3.00. The van der Waals surface area contributed by atoms with Gasteiger partial charge in [-0.25, -0.2) is 0 Å². The summed E-state index contributed by atoms with van der Waals surface area (Å²) in [6.45, 7) is -0.140. The lowest BCUT2D eigenvalue weighted by atomic mass is 10.2. The molecule has 10 heteroatoms. The van der Waals surface area contributed by atoms with E-state index < -0.39 is 23.7 Å². The summed E-state index contributed by atoms with van der Waals surface area (Å²) in [5, 5.41) is -0.520. The number of rotatable bonds is 7. The minimum absolute atomic E-state index is 0.212. The molecule has 2 amide bonds. The third-order valence-electron chi connectivity index (χ3n) is 4.03. The second-order valence-electron chi connectivity index (χ2n) is 5.99. The number of methoxy groups -OCH3 is 2. The van der Waals surface area contributed by atoms with E-state index in [9.17, 15) is 14.4 Å². The first kappa shape index (κ1) is 22.1. The predicted molar refractivity (Wildman–Crippen MR) is 119 cm³/mol. The number of amides is 2. The molecule has 2 aromatic rings. The lowest BCUT2D eigenvalue weighted by Crippen LogP contribution is -2.34. The van der Waals surface area contributed by atoms with Crippen LogP contribution >= 0.6 is 34.4 Å². The van der Waals surface area contributed by atoms with Crippen molar-refractivity contribution in [1.82, 2.24) is 9.88 Å². The van der Waals surface area contributed by atoms with Gasteiger partial charge >= 0.3 is 5.97 Å². The quantitative estimate of drug-likeness (QED) is 0.300. The van der Waals surface area contributed by atoms with Crippen molar-refractivity contribution in [2.75, 3.05) is 20.8 Å². The van der Waals surface area contributed by atoms with Gasteiger partial charge in [-0.2, -0.15) is 0 Å². The summed E-state index contributed by atoms with van der Waals surface area (Å²) in [6.07, 6.45) is 3.27. The number of imide groups is 1. The molecule has 0 bridgehead atoms. The lowest BCUT2D eigenvalue weighted by molar-refractivity contribution is -0.143. The Balaban J connectivity index is 1.81. The highest BCUT2D eigenvalue weighted by Crippen LogP contribution is 2.37. The molecule has 3 rings (SSSR count). The van der Waals surface area contributed by atoms with Crippen LogP contribution in [-0.4, -0.2) is 47.8 Å². The number of hydrogen-bond donors (Lipinski definition) is 0. The van der Waals surface area contributed by atoms with Gasteiger partial charge in [0.1, 0.15) is 13.2 Å². The monoisotopic (exact) mass is 540 g/mol. The summed E-state index contributed by atoms with van der Waals surface area (Å²) in [6, 6.07) is 9.09. The van der Waals surface area contributed by atoms with E-state index in [1.54, 1.807) is 18.3 Å². The first-order chi connectivity index (χ1) is 14.4. The molecule has 8 nitrogen and oxygen atoms in total. The van der Waals surface area contributed by atoms with E-state index in [4.69, 9.17) is 9.47 Å². The van der Waals surface area contributed by atoms with Crippen molar-refractivity contribution in [3.63, 3.8) is 0 Å². The third-order valence-corrected chi connectivity index (χ3v) is 5.74. The molecular weight excluding hydrogens is 523 g/mol. The average molecular weight is 540 g/mol. The zero-order valence-corrected chi connectivity index (χ0v) is 19.1. The van der Waals surface area contributed by atoms with E-state index in [1.807, 2.05) is 24.3 Å². The van der Waals surface area contributed by atoms with Gasteiger partial charge in [-0.05, 0) is 70.3 Å². The van der Waals surface area contributed by atoms with Crippen LogP contribution in [0.2, 0.25) is 0 Å². The van der Waals surface area contributed by atoms with Crippen LogP contribution in [0.1, 0.15) is 11.3 Å². The second kappa shape index (κ2) is 9.94. The van der Waals surface area contributed by atoms with Crippen LogP contribution in [0.25, 0.3) is 6.08 Å². The highest BCUT2D eigenvalue weighted by atomic mass is 127. The molecule has 0 spiro atoms. The minimum Gasteiger partial charge on any atom is -0.493 e. The fourth-order valence-electron chi connectivity index (χ4n) is 2.57. The van der Waals surface area contributed by atoms with Crippen molar-refractivity contribution >= 4 is 57.5 Å². The molecule has 1 aromatic heterocycles. The Morgan fingerprint density at radius 1 is 1.27 bits per heavy atom. The molecule has 0 aliphatic carbocycles. The summed E-state index contributed by atoms with van der Waals surface area (Å²) in [5.74, 6) is -0.165. The summed E-state index contributed by atoms with van der Waals surface area (Å²) < 4.78 is 16.6. The van der Waals surface area contributed by atoms with Crippen LogP contribution in [0.4, 0.5) is 4.79 Å². The van der Waals surface area contributed by atoms with Gasteiger partial charge in [0.2, 0.25) is 0 Å². The normalized spacial score (nSPS) is 14.9. The number of pyridine rings is 1.